The second kappa shape index (κ2) is 8.47. The molecule has 1 aliphatic heterocycles. The minimum atomic E-state index is -0.368. The summed E-state index contributed by atoms with van der Waals surface area (Å²) in [5, 5.41) is 3.27. The van der Waals surface area contributed by atoms with E-state index in [0.29, 0.717) is 37.5 Å². The fourth-order valence-corrected chi connectivity index (χ4v) is 2.98. The molecule has 0 radical (unpaired) electrons. The normalized spacial score (nSPS) is 13.7. The smallest absolute Gasteiger partial charge is 0.339 e. The van der Waals surface area contributed by atoms with Crippen molar-refractivity contribution in [1.29, 1.82) is 0 Å². The third-order valence-electron chi connectivity index (χ3n) is 4.39. The van der Waals surface area contributed by atoms with Crippen molar-refractivity contribution >= 4 is 17.7 Å². The molecule has 1 amide bonds. The summed E-state index contributed by atoms with van der Waals surface area (Å²) in [6.07, 6.45) is 3.10. The predicted molar refractivity (Wildman–Crippen MR) is 98.6 cm³/mol. The summed E-state index contributed by atoms with van der Waals surface area (Å²) in [7, 11) is 0. The number of esters is 1. The number of amides is 1. The molecule has 1 fully saturated rings. The lowest BCUT2D eigenvalue weighted by Crippen LogP contribution is -2.24. The minimum Gasteiger partial charge on any atom is -0.462 e. The van der Waals surface area contributed by atoms with Gasteiger partial charge in [0.2, 0.25) is 5.91 Å². The van der Waals surface area contributed by atoms with Crippen LogP contribution in [0.15, 0.2) is 42.6 Å². The number of ether oxygens (including phenoxy) is 1. The first kappa shape index (κ1) is 17.9. The second-order valence-electron chi connectivity index (χ2n) is 6.19. The average Bonchev–Trinajstić information content (AvgIpc) is 3.06. The molecule has 1 aromatic heterocycles. The Morgan fingerprint density at radius 1 is 1.23 bits per heavy atom. The van der Waals surface area contributed by atoms with Gasteiger partial charge >= 0.3 is 5.97 Å². The maximum absolute atomic E-state index is 11.9. The number of hydrogen-bond donors (Lipinski definition) is 1. The molecule has 0 saturated carbocycles. The molecule has 0 spiro atoms. The van der Waals surface area contributed by atoms with E-state index in [1.54, 1.807) is 19.1 Å². The molecular weight excluding hydrogens is 330 g/mol. The van der Waals surface area contributed by atoms with E-state index in [-0.39, 0.29) is 11.9 Å². The first-order valence-corrected chi connectivity index (χ1v) is 8.89. The molecule has 2 aromatic rings. The number of nitrogens with one attached hydrogen (secondary N) is 1. The monoisotopic (exact) mass is 353 g/mol. The van der Waals surface area contributed by atoms with Gasteiger partial charge in [0.15, 0.2) is 0 Å². The third kappa shape index (κ3) is 4.39. The summed E-state index contributed by atoms with van der Waals surface area (Å²) in [6, 6.07) is 11.5. The quantitative estimate of drug-likeness (QED) is 0.775. The fourth-order valence-electron chi connectivity index (χ4n) is 2.98. The van der Waals surface area contributed by atoms with Crippen molar-refractivity contribution in [3.05, 3.63) is 59.3 Å². The largest absolute Gasteiger partial charge is 0.462 e. The lowest BCUT2D eigenvalue weighted by Gasteiger charge is -2.18. The standard InChI is InChI=1S/C20H23N3O3/c1-2-26-20(25)16-9-10-18(22-13-16)21-12-15-6-3-4-7-17(15)14-23-11-5-8-19(23)24/h3-4,6-7,9-10,13H,2,5,8,11-12,14H2,1H3,(H,21,22). The van der Waals surface area contributed by atoms with Gasteiger partial charge in [-0.2, -0.15) is 0 Å². The molecule has 0 aliphatic carbocycles. The first-order chi connectivity index (χ1) is 12.7. The van der Waals surface area contributed by atoms with E-state index in [4.69, 9.17) is 4.74 Å². The molecule has 1 saturated heterocycles. The molecule has 0 bridgehead atoms. The Hall–Kier alpha value is -2.89. The van der Waals surface area contributed by atoms with Crippen molar-refractivity contribution in [2.75, 3.05) is 18.5 Å². The predicted octanol–water partition coefficient (Wildman–Crippen LogP) is 2.99. The van der Waals surface area contributed by atoms with Crippen LogP contribution in [0.2, 0.25) is 0 Å². The lowest BCUT2D eigenvalue weighted by molar-refractivity contribution is -0.128. The fraction of sp³-hybridized carbons (Fsp3) is 0.350. The Morgan fingerprint density at radius 3 is 2.69 bits per heavy atom. The second-order valence-corrected chi connectivity index (χ2v) is 6.19. The Morgan fingerprint density at radius 2 is 2.04 bits per heavy atom. The summed E-state index contributed by atoms with van der Waals surface area (Å²) < 4.78 is 4.95. The highest BCUT2D eigenvalue weighted by Gasteiger charge is 2.20. The van der Waals surface area contributed by atoms with E-state index in [1.807, 2.05) is 17.0 Å². The molecule has 6 nitrogen and oxygen atoms in total. The summed E-state index contributed by atoms with van der Waals surface area (Å²) in [5.74, 6) is 0.543. The van der Waals surface area contributed by atoms with Crippen LogP contribution in [0.1, 0.15) is 41.3 Å². The van der Waals surface area contributed by atoms with Crippen LogP contribution in [0.5, 0.6) is 0 Å². The Bertz CT molecular complexity index is 774. The Kier molecular flexibility index (Phi) is 5.84. The van der Waals surface area contributed by atoms with Crippen LogP contribution in [0, 0.1) is 0 Å². The van der Waals surface area contributed by atoms with Crippen LogP contribution < -0.4 is 5.32 Å². The van der Waals surface area contributed by atoms with E-state index < -0.39 is 0 Å². The van der Waals surface area contributed by atoms with E-state index in [2.05, 4.69) is 22.4 Å². The molecule has 136 valence electrons. The number of carbonyl (C=O) groups excluding carboxylic acids is 2. The SMILES string of the molecule is CCOC(=O)c1ccc(NCc2ccccc2CN2CCCC2=O)nc1. The topological polar surface area (TPSA) is 71.5 Å². The summed E-state index contributed by atoms with van der Waals surface area (Å²) in [5.41, 5.74) is 2.70. The number of nitrogens with zero attached hydrogens (tertiary/aromatic N) is 2. The van der Waals surface area contributed by atoms with Crippen molar-refractivity contribution in [2.24, 2.45) is 0 Å². The van der Waals surface area contributed by atoms with Crippen LogP contribution in [0.25, 0.3) is 0 Å². The van der Waals surface area contributed by atoms with Gasteiger partial charge in [0.1, 0.15) is 5.82 Å². The molecule has 3 rings (SSSR count). The Balaban J connectivity index is 1.62. The third-order valence-corrected chi connectivity index (χ3v) is 4.39. The number of hydrogen-bond acceptors (Lipinski definition) is 5. The van der Waals surface area contributed by atoms with Crippen LogP contribution in [-0.2, 0) is 22.6 Å². The summed E-state index contributed by atoms with van der Waals surface area (Å²) in [6.45, 7) is 4.19. The number of rotatable bonds is 7. The molecule has 2 heterocycles. The molecule has 6 heteroatoms. The van der Waals surface area contributed by atoms with Gasteiger partial charge in [0.05, 0.1) is 12.2 Å². The summed E-state index contributed by atoms with van der Waals surface area (Å²) in [4.78, 5) is 29.7. The van der Waals surface area contributed by atoms with Crippen molar-refractivity contribution in [1.82, 2.24) is 9.88 Å². The highest BCUT2D eigenvalue weighted by molar-refractivity contribution is 5.89. The van der Waals surface area contributed by atoms with Gasteiger partial charge in [-0.1, -0.05) is 24.3 Å². The number of likely N-dealkylation sites (tertiary alicyclic amines) is 1. The van der Waals surface area contributed by atoms with Gasteiger partial charge in [-0.05, 0) is 36.6 Å². The molecule has 0 unspecified atom stereocenters. The zero-order valence-corrected chi connectivity index (χ0v) is 14.9. The van der Waals surface area contributed by atoms with Gasteiger partial charge in [0, 0.05) is 32.3 Å². The van der Waals surface area contributed by atoms with Gasteiger partial charge in [-0.15, -0.1) is 0 Å². The zero-order chi connectivity index (χ0) is 18.4. The van der Waals surface area contributed by atoms with Crippen molar-refractivity contribution in [2.45, 2.75) is 32.9 Å². The highest BCUT2D eigenvalue weighted by atomic mass is 16.5. The molecule has 1 N–H and O–H groups in total. The number of carbonyl (C=O) groups is 2. The number of anilines is 1. The molecule has 26 heavy (non-hydrogen) atoms. The lowest BCUT2D eigenvalue weighted by atomic mass is 10.1. The average molecular weight is 353 g/mol. The van der Waals surface area contributed by atoms with E-state index >= 15 is 0 Å². The molecule has 1 aliphatic rings. The van der Waals surface area contributed by atoms with Gasteiger partial charge in [0.25, 0.3) is 0 Å². The van der Waals surface area contributed by atoms with Crippen LogP contribution in [-0.4, -0.2) is 34.9 Å². The van der Waals surface area contributed by atoms with Crippen LogP contribution in [0.3, 0.4) is 0 Å². The van der Waals surface area contributed by atoms with E-state index in [1.165, 1.54) is 6.20 Å². The first-order valence-electron chi connectivity index (χ1n) is 8.89. The van der Waals surface area contributed by atoms with E-state index in [0.717, 1.165) is 24.1 Å². The van der Waals surface area contributed by atoms with Crippen LogP contribution >= 0.6 is 0 Å². The minimum absolute atomic E-state index is 0.226. The maximum atomic E-state index is 11.9. The van der Waals surface area contributed by atoms with E-state index in [9.17, 15) is 9.59 Å². The van der Waals surface area contributed by atoms with Crippen LogP contribution in [0.4, 0.5) is 5.82 Å². The molecule has 0 atom stereocenters. The number of benzene rings is 1. The maximum Gasteiger partial charge on any atom is 0.339 e. The Labute approximate surface area is 153 Å². The zero-order valence-electron chi connectivity index (χ0n) is 14.9. The van der Waals surface area contributed by atoms with Crippen molar-refractivity contribution in [3.8, 4) is 0 Å². The summed E-state index contributed by atoms with van der Waals surface area (Å²) >= 11 is 0. The van der Waals surface area contributed by atoms with Gasteiger partial charge in [-0.25, -0.2) is 9.78 Å². The van der Waals surface area contributed by atoms with Gasteiger partial charge < -0.3 is 15.0 Å². The van der Waals surface area contributed by atoms with Gasteiger partial charge in [-0.3, -0.25) is 4.79 Å². The molecular formula is C20H23N3O3. The van der Waals surface area contributed by atoms with Crippen molar-refractivity contribution in [3.63, 3.8) is 0 Å². The molecule has 1 aromatic carbocycles. The van der Waals surface area contributed by atoms with Crippen molar-refractivity contribution < 1.29 is 14.3 Å². The number of pyridine rings is 1. The highest BCUT2D eigenvalue weighted by Crippen LogP contribution is 2.18. The number of aromatic nitrogens is 1.